The van der Waals surface area contributed by atoms with E-state index < -0.39 is 19.7 Å². The molecule has 1 aliphatic carbocycles. The highest BCUT2D eigenvalue weighted by Gasteiger charge is 2.72. The molecule has 3 aromatic carbocycles. The summed E-state index contributed by atoms with van der Waals surface area (Å²) in [6.45, 7) is 6.74. The molecule has 2 nitrogen and oxygen atoms in total. The maximum absolute atomic E-state index is 14.7. The summed E-state index contributed by atoms with van der Waals surface area (Å²) in [5, 5.41) is 1.92. The summed E-state index contributed by atoms with van der Waals surface area (Å²) in [6.07, 6.45) is -0.201. The minimum Gasteiger partial charge on any atom is -0.407 e. The van der Waals surface area contributed by atoms with Crippen molar-refractivity contribution in [1.29, 1.82) is 0 Å². The normalized spacial score (nSPS) is 19.9. The van der Waals surface area contributed by atoms with Crippen LogP contribution in [0, 0.1) is 5.41 Å². The van der Waals surface area contributed by atoms with E-state index in [1.165, 1.54) is 0 Å². The fourth-order valence-corrected chi connectivity index (χ4v) is 9.33. The van der Waals surface area contributed by atoms with Gasteiger partial charge in [-0.25, -0.2) is 8.78 Å². The predicted molar refractivity (Wildman–Crippen MR) is 132 cm³/mol. The number of hydrogen-bond donors (Lipinski definition) is 0. The molecule has 1 fully saturated rings. The Morgan fingerprint density at radius 1 is 0.758 bits per heavy atom. The van der Waals surface area contributed by atoms with Crippen LogP contribution in [0.2, 0.25) is 5.04 Å². The fourth-order valence-electron chi connectivity index (χ4n) is 4.68. The van der Waals surface area contributed by atoms with Crippen molar-refractivity contribution >= 4 is 18.7 Å². The van der Waals surface area contributed by atoms with Crippen LogP contribution in [0.15, 0.2) is 91.0 Å². The van der Waals surface area contributed by atoms with Crippen molar-refractivity contribution in [3.05, 3.63) is 96.6 Å². The summed E-state index contributed by atoms with van der Waals surface area (Å²) >= 11 is 0. The van der Waals surface area contributed by atoms with Gasteiger partial charge in [0.25, 0.3) is 14.2 Å². The zero-order valence-corrected chi connectivity index (χ0v) is 20.6. The van der Waals surface area contributed by atoms with Crippen LogP contribution in [0.25, 0.3) is 0 Å². The largest absolute Gasteiger partial charge is 0.407 e. The Balaban J connectivity index is 1.62. The average molecular weight is 467 g/mol. The molecular formula is C28H32F2O2Si. The smallest absolute Gasteiger partial charge is 0.261 e. The van der Waals surface area contributed by atoms with Crippen LogP contribution in [0.1, 0.15) is 32.8 Å². The number of rotatable bonds is 9. The first kappa shape index (κ1) is 23.8. The van der Waals surface area contributed by atoms with Crippen LogP contribution >= 0.6 is 0 Å². The van der Waals surface area contributed by atoms with E-state index in [1.54, 1.807) is 0 Å². The molecule has 3 aromatic rings. The number of ether oxygens (including phenoxy) is 1. The highest BCUT2D eigenvalue weighted by molar-refractivity contribution is 6.99. The lowest BCUT2D eigenvalue weighted by Crippen LogP contribution is -2.67. The van der Waals surface area contributed by atoms with Crippen molar-refractivity contribution in [3.8, 4) is 0 Å². The molecule has 0 amide bonds. The maximum atomic E-state index is 14.7. The monoisotopic (exact) mass is 466 g/mol. The molecule has 1 saturated carbocycles. The van der Waals surface area contributed by atoms with Gasteiger partial charge in [-0.2, -0.15) is 0 Å². The SMILES string of the molecule is CC(C)(C)[Si](OC[C@]1(COCc2ccccc2)CC1(F)F)(c1ccccc1)c1ccccc1. The highest BCUT2D eigenvalue weighted by atomic mass is 28.4. The molecule has 33 heavy (non-hydrogen) atoms. The predicted octanol–water partition coefficient (Wildman–Crippen LogP) is 5.81. The summed E-state index contributed by atoms with van der Waals surface area (Å²) in [4.78, 5) is 0. The third kappa shape index (κ3) is 4.68. The second kappa shape index (κ2) is 9.13. The zero-order valence-electron chi connectivity index (χ0n) is 19.6. The van der Waals surface area contributed by atoms with E-state index in [9.17, 15) is 8.78 Å². The fraction of sp³-hybridized carbons (Fsp3) is 0.357. The van der Waals surface area contributed by atoms with Gasteiger partial charge in [0.2, 0.25) is 0 Å². The quantitative estimate of drug-likeness (QED) is 0.371. The number of benzene rings is 3. The summed E-state index contributed by atoms with van der Waals surface area (Å²) in [7, 11) is -2.87. The Morgan fingerprint density at radius 2 is 1.21 bits per heavy atom. The second-order valence-electron chi connectivity index (χ2n) is 10.1. The van der Waals surface area contributed by atoms with Crippen molar-refractivity contribution in [2.75, 3.05) is 13.2 Å². The van der Waals surface area contributed by atoms with E-state index in [0.717, 1.165) is 15.9 Å². The zero-order chi connectivity index (χ0) is 23.6. The van der Waals surface area contributed by atoms with Crippen LogP contribution in [0.5, 0.6) is 0 Å². The maximum Gasteiger partial charge on any atom is 0.261 e. The molecule has 0 aromatic heterocycles. The van der Waals surface area contributed by atoms with Crippen molar-refractivity contribution in [2.45, 2.75) is 44.8 Å². The summed E-state index contributed by atoms with van der Waals surface area (Å²) in [5.74, 6) is -2.78. The van der Waals surface area contributed by atoms with E-state index in [4.69, 9.17) is 9.16 Å². The third-order valence-corrected chi connectivity index (χ3v) is 11.7. The van der Waals surface area contributed by atoms with Gasteiger partial charge < -0.3 is 9.16 Å². The number of hydrogen-bond acceptors (Lipinski definition) is 2. The van der Waals surface area contributed by atoms with Crippen LogP contribution in [-0.4, -0.2) is 27.5 Å². The van der Waals surface area contributed by atoms with Gasteiger partial charge in [0.05, 0.1) is 18.6 Å². The number of halogens is 2. The lowest BCUT2D eigenvalue weighted by atomic mass is 10.1. The Morgan fingerprint density at radius 3 is 1.64 bits per heavy atom. The van der Waals surface area contributed by atoms with E-state index in [-0.39, 0.29) is 24.7 Å². The summed E-state index contributed by atoms with van der Waals surface area (Å²) < 4.78 is 42.0. The van der Waals surface area contributed by atoms with Crippen LogP contribution in [-0.2, 0) is 15.8 Å². The number of alkyl halides is 2. The molecule has 4 rings (SSSR count). The molecule has 1 atom stereocenters. The van der Waals surface area contributed by atoms with Crippen LogP contribution < -0.4 is 10.4 Å². The standard InChI is InChI=1S/C28H32F2O2Si/c1-26(2,3)33(24-15-9-5-10-16-24,25-17-11-6-12-18-25)32-22-27(20-28(27,29)30)21-31-19-23-13-7-4-8-14-23/h4-18H,19-22H2,1-3H3/t27-/m1/s1. The second-order valence-corrected chi connectivity index (χ2v) is 14.4. The third-order valence-electron chi connectivity index (χ3n) is 6.68. The van der Waals surface area contributed by atoms with Crippen molar-refractivity contribution in [1.82, 2.24) is 0 Å². The molecule has 5 heteroatoms. The molecule has 0 spiro atoms. The van der Waals surface area contributed by atoms with Crippen molar-refractivity contribution < 1.29 is 17.9 Å². The Bertz CT molecular complexity index is 996. The molecule has 0 bridgehead atoms. The lowest BCUT2D eigenvalue weighted by Gasteiger charge is -2.43. The van der Waals surface area contributed by atoms with Crippen LogP contribution in [0.3, 0.4) is 0 Å². The Kier molecular flexibility index (Phi) is 6.58. The molecule has 0 saturated heterocycles. The summed E-state index contributed by atoms with van der Waals surface area (Å²) in [6, 6.07) is 29.9. The average Bonchev–Trinajstić information content (AvgIpc) is 3.35. The van der Waals surface area contributed by atoms with Gasteiger partial charge in [-0.15, -0.1) is 0 Å². The highest BCUT2D eigenvalue weighted by Crippen LogP contribution is 2.61. The molecule has 0 radical (unpaired) electrons. The molecular weight excluding hydrogens is 434 g/mol. The van der Waals surface area contributed by atoms with E-state index in [2.05, 4.69) is 45.0 Å². The van der Waals surface area contributed by atoms with E-state index in [0.29, 0.717) is 6.61 Å². The van der Waals surface area contributed by atoms with Gasteiger partial charge >= 0.3 is 0 Å². The minimum atomic E-state index is -2.87. The first-order valence-corrected chi connectivity index (χ1v) is 13.4. The topological polar surface area (TPSA) is 18.5 Å². The van der Waals surface area contributed by atoms with Gasteiger partial charge in [-0.1, -0.05) is 112 Å². The van der Waals surface area contributed by atoms with E-state index >= 15 is 0 Å². The first-order chi connectivity index (χ1) is 15.7. The molecule has 0 aliphatic heterocycles. The molecule has 0 heterocycles. The van der Waals surface area contributed by atoms with Crippen LogP contribution in [0.4, 0.5) is 8.78 Å². The van der Waals surface area contributed by atoms with Gasteiger partial charge in [-0.3, -0.25) is 0 Å². The molecule has 174 valence electrons. The van der Waals surface area contributed by atoms with Gasteiger partial charge in [0, 0.05) is 13.0 Å². The first-order valence-electron chi connectivity index (χ1n) is 11.4. The van der Waals surface area contributed by atoms with Crippen molar-refractivity contribution in [3.63, 3.8) is 0 Å². The molecule has 0 unspecified atom stereocenters. The summed E-state index contributed by atoms with van der Waals surface area (Å²) in [5.41, 5.74) is -0.306. The van der Waals surface area contributed by atoms with Gasteiger partial charge in [0.15, 0.2) is 0 Å². The lowest BCUT2D eigenvalue weighted by molar-refractivity contribution is -0.0176. The van der Waals surface area contributed by atoms with Crippen molar-refractivity contribution in [2.24, 2.45) is 5.41 Å². The molecule has 1 aliphatic rings. The van der Waals surface area contributed by atoms with Gasteiger partial charge in [0.1, 0.15) is 0 Å². The van der Waals surface area contributed by atoms with Gasteiger partial charge in [-0.05, 0) is 21.0 Å². The Labute approximate surface area is 196 Å². The Hall–Kier alpha value is -2.34. The van der Waals surface area contributed by atoms with E-state index in [1.807, 2.05) is 66.7 Å². The molecule has 0 N–H and O–H groups in total. The minimum absolute atomic E-state index is 0.0207.